The quantitative estimate of drug-likeness (QED) is 0.286. The predicted molar refractivity (Wildman–Crippen MR) is 139 cm³/mol. The number of carbonyl (C=O) groups excluding carboxylic acids is 2. The van der Waals surface area contributed by atoms with Gasteiger partial charge in [-0.1, -0.05) is 6.07 Å². The molecule has 0 spiro atoms. The molecule has 0 atom stereocenters. The zero-order chi connectivity index (χ0) is 23.7. The number of aromatic nitrogens is 1. The molecule has 0 radical (unpaired) electrons. The van der Waals surface area contributed by atoms with Gasteiger partial charge in [-0.05, 0) is 54.8 Å². The van der Waals surface area contributed by atoms with Crippen molar-refractivity contribution in [2.75, 3.05) is 37.6 Å². The van der Waals surface area contributed by atoms with Crippen molar-refractivity contribution in [3.8, 4) is 0 Å². The zero-order valence-electron chi connectivity index (χ0n) is 19.1. The first-order valence-electron chi connectivity index (χ1n) is 11.3. The van der Waals surface area contributed by atoms with Gasteiger partial charge >= 0.3 is 0 Å². The van der Waals surface area contributed by atoms with E-state index in [1.165, 1.54) is 0 Å². The highest BCUT2D eigenvalue weighted by molar-refractivity contribution is 6.08. The Hall–Kier alpha value is -3.80. The van der Waals surface area contributed by atoms with Crippen LogP contribution in [-0.4, -0.2) is 54.3 Å². The van der Waals surface area contributed by atoms with Crippen LogP contribution in [0.4, 0.5) is 11.4 Å². The number of nitrogens with one attached hydrogen (secondary N) is 1. The number of aromatic amines is 1. The number of nitrogens with two attached hydrogens (primary N) is 1. The lowest BCUT2D eigenvalue weighted by Crippen LogP contribution is -2.46. The molecule has 180 valence electrons. The molecule has 0 bridgehead atoms. The van der Waals surface area contributed by atoms with E-state index in [0.29, 0.717) is 23.3 Å². The molecule has 4 aromatic rings. The molecule has 9 heteroatoms. The fraction of sp³-hybridized carbons (Fsp3) is 0.269. The number of carbonyl (C=O) groups is 2. The lowest BCUT2D eigenvalue weighted by molar-refractivity contribution is 0.0968. The number of hydrogen-bond acceptors (Lipinski definition) is 5. The highest BCUT2D eigenvalue weighted by Crippen LogP contribution is 2.27. The number of primary amides is 1. The van der Waals surface area contributed by atoms with Crippen LogP contribution in [-0.2, 0) is 0 Å². The normalized spacial score (nSPS) is 14.1. The van der Waals surface area contributed by atoms with Crippen molar-refractivity contribution in [2.45, 2.75) is 12.8 Å². The Morgan fingerprint density at radius 1 is 1.09 bits per heavy atom. The molecule has 0 saturated carbocycles. The summed E-state index contributed by atoms with van der Waals surface area (Å²) in [7, 11) is 0. The number of Topliss-reactive ketones (excluding diaryl/α,β-unsaturated/α-hetero) is 1. The number of rotatable bonds is 7. The van der Waals surface area contributed by atoms with Crippen LogP contribution >= 0.6 is 12.4 Å². The van der Waals surface area contributed by atoms with Crippen LogP contribution in [0.3, 0.4) is 0 Å². The number of furan rings is 1. The Balaban J connectivity index is 0.00000289. The number of halogens is 1. The number of piperazine rings is 1. The topological polar surface area (TPSA) is 99.9 Å². The first-order valence-corrected chi connectivity index (χ1v) is 11.3. The monoisotopic (exact) mass is 491 g/mol. The van der Waals surface area contributed by atoms with Gasteiger partial charge in [0.2, 0.25) is 0 Å². The first kappa shape index (κ1) is 24.3. The molecule has 35 heavy (non-hydrogen) atoms. The van der Waals surface area contributed by atoms with Crippen LogP contribution in [0.1, 0.15) is 33.8 Å². The van der Waals surface area contributed by atoms with Gasteiger partial charge in [-0.15, -0.1) is 12.4 Å². The molecule has 5 rings (SSSR count). The second-order valence-electron chi connectivity index (χ2n) is 8.60. The molecule has 1 aliphatic rings. The summed E-state index contributed by atoms with van der Waals surface area (Å²) in [6.07, 6.45) is 3.03. The third-order valence-electron chi connectivity index (χ3n) is 6.45. The van der Waals surface area contributed by atoms with Crippen LogP contribution in [0.15, 0.2) is 53.1 Å². The van der Waals surface area contributed by atoms with Gasteiger partial charge in [0.1, 0.15) is 5.58 Å². The van der Waals surface area contributed by atoms with E-state index in [1.807, 2.05) is 24.3 Å². The van der Waals surface area contributed by atoms with Crippen LogP contribution < -0.4 is 10.6 Å². The minimum atomic E-state index is -0.567. The molecular formula is C26H26ClN5O3. The summed E-state index contributed by atoms with van der Waals surface area (Å²) in [4.78, 5) is 35.4. The maximum absolute atomic E-state index is 12.8. The second-order valence-corrected chi connectivity index (χ2v) is 8.60. The van der Waals surface area contributed by atoms with Gasteiger partial charge in [0.25, 0.3) is 5.91 Å². The molecule has 1 saturated heterocycles. The van der Waals surface area contributed by atoms with E-state index in [2.05, 4.69) is 19.6 Å². The molecule has 0 aliphatic carbocycles. The Bertz CT molecular complexity index is 1430. The fourth-order valence-electron chi connectivity index (χ4n) is 4.59. The number of anilines is 1. The van der Waals surface area contributed by atoms with Crippen LogP contribution in [0.5, 0.6) is 0 Å². The van der Waals surface area contributed by atoms with Crippen molar-refractivity contribution in [3.05, 3.63) is 71.4 Å². The fourth-order valence-corrected chi connectivity index (χ4v) is 4.59. The maximum atomic E-state index is 12.8. The standard InChI is InChI=1S/C26H25N5O3.ClH/c1-28-18-4-6-22-20(15-18)21(16-29-22)23(32)3-2-8-30-9-11-31(12-10-30)19-5-7-24-17(13-19)14-25(34-24)26(27)33;/h4-7,13-16,29H,2-3,8-12H2,(H2,27,33);1H. The van der Waals surface area contributed by atoms with E-state index in [-0.39, 0.29) is 24.0 Å². The molecule has 0 unspecified atom stereocenters. The molecule has 2 aromatic carbocycles. The van der Waals surface area contributed by atoms with Gasteiger partial charge in [0.05, 0.1) is 6.57 Å². The minimum Gasteiger partial charge on any atom is -0.451 e. The summed E-state index contributed by atoms with van der Waals surface area (Å²) in [5.41, 5.74) is 9.15. The van der Waals surface area contributed by atoms with Crippen LogP contribution in [0.2, 0.25) is 0 Å². The molecule has 1 aliphatic heterocycles. The molecule has 3 N–H and O–H groups in total. The van der Waals surface area contributed by atoms with Gasteiger partial charge in [-0.3, -0.25) is 14.5 Å². The van der Waals surface area contributed by atoms with Crippen molar-refractivity contribution < 1.29 is 14.0 Å². The van der Waals surface area contributed by atoms with E-state index >= 15 is 0 Å². The van der Waals surface area contributed by atoms with Crippen molar-refractivity contribution >= 4 is 57.3 Å². The summed E-state index contributed by atoms with van der Waals surface area (Å²) >= 11 is 0. The number of H-pyrrole nitrogens is 1. The third kappa shape index (κ3) is 5.02. The Kier molecular flexibility index (Phi) is 7.10. The lowest BCUT2D eigenvalue weighted by Gasteiger charge is -2.36. The summed E-state index contributed by atoms with van der Waals surface area (Å²) < 4.78 is 5.47. The van der Waals surface area contributed by atoms with Gasteiger partial charge in [0.15, 0.2) is 17.2 Å². The highest BCUT2D eigenvalue weighted by atomic mass is 35.5. The van der Waals surface area contributed by atoms with E-state index in [1.54, 1.807) is 24.4 Å². The van der Waals surface area contributed by atoms with Gasteiger partial charge in [-0.2, -0.15) is 0 Å². The van der Waals surface area contributed by atoms with Gasteiger partial charge in [-0.25, -0.2) is 4.85 Å². The largest absolute Gasteiger partial charge is 0.451 e. The maximum Gasteiger partial charge on any atom is 0.284 e. The van der Waals surface area contributed by atoms with E-state index < -0.39 is 5.91 Å². The Labute approximate surface area is 208 Å². The summed E-state index contributed by atoms with van der Waals surface area (Å²) in [6.45, 7) is 11.7. The zero-order valence-corrected chi connectivity index (χ0v) is 19.9. The SMILES string of the molecule is Cl.[C-]#[N+]c1ccc2[nH]cc(C(=O)CCCN3CCN(c4ccc5oc(C(N)=O)cc5c4)CC3)c2c1. The summed E-state index contributed by atoms with van der Waals surface area (Å²) in [5, 5.41) is 1.69. The minimum absolute atomic E-state index is 0. The molecular weight excluding hydrogens is 466 g/mol. The van der Waals surface area contributed by atoms with E-state index in [0.717, 1.165) is 61.1 Å². The average molecular weight is 492 g/mol. The summed E-state index contributed by atoms with van der Waals surface area (Å²) in [6, 6.07) is 13.0. The second kappa shape index (κ2) is 10.2. The van der Waals surface area contributed by atoms with Crippen molar-refractivity contribution in [3.63, 3.8) is 0 Å². The Morgan fingerprint density at radius 2 is 1.89 bits per heavy atom. The van der Waals surface area contributed by atoms with E-state index in [9.17, 15) is 9.59 Å². The van der Waals surface area contributed by atoms with Crippen LogP contribution in [0.25, 0.3) is 26.7 Å². The van der Waals surface area contributed by atoms with E-state index in [4.69, 9.17) is 16.7 Å². The molecule has 1 amide bonds. The molecule has 1 fully saturated rings. The average Bonchev–Trinajstić information content (AvgIpc) is 3.48. The number of ketones is 1. The third-order valence-corrected chi connectivity index (χ3v) is 6.45. The lowest BCUT2D eigenvalue weighted by atomic mass is 10.0. The van der Waals surface area contributed by atoms with Gasteiger partial charge < -0.3 is 20.0 Å². The predicted octanol–water partition coefficient (Wildman–Crippen LogP) is 4.77. The first-order chi connectivity index (χ1) is 16.5. The van der Waals surface area contributed by atoms with Crippen molar-refractivity contribution in [1.29, 1.82) is 0 Å². The van der Waals surface area contributed by atoms with Crippen molar-refractivity contribution in [1.82, 2.24) is 9.88 Å². The highest BCUT2D eigenvalue weighted by Gasteiger charge is 2.19. The summed E-state index contributed by atoms with van der Waals surface area (Å²) in [5.74, 6) is -0.288. The number of fused-ring (bicyclic) bond motifs is 2. The number of nitrogens with zero attached hydrogens (tertiary/aromatic N) is 3. The molecule has 8 nitrogen and oxygen atoms in total. The number of hydrogen-bond donors (Lipinski definition) is 2. The smallest absolute Gasteiger partial charge is 0.284 e. The number of benzene rings is 2. The molecule has 3 heterocycles. The Morgan fingerprint density at radius 3 is 2.63 bits per heavy atom. The van der Waals surface area contributed by atoms with Crippen LogP contribution in [0, 0.1) is 6.57 Å². The number of amides is 1. The molecule has 2 aromatic heterocycles. The van der Waals surface area contributed by atoms with Gasteiger partial charge in [0, 0.05) is 61.0 Å². The van der Waals surface area contributed by atoms with Crippen molar-refractivity contribution in [2.24, 2.45) is 5.73 Å².